The van der Waals surface area contributed by atoms with Crippen molar-refractivity contribution in [2.45, 2.75) is 251 Å². The molecule has 0 aromatic rings. The number of esters is 4. The summed E-state index contributed by atoms with van der Waals surface area (Å²) in [6.45, 7) is 4.04. The Bertz CT molecular complexity index is 3100. The van der Waals surface area contributed by atoms with E-state index in [-0.39, 0.29) is 25.7 Å². The van der Waals surface area contributed by atoms with Crippen LogP contribution in [0.1, 0.15) is 233 Å². The highest BCUT2D eigenvalue weighted by atomic mass is 31.2. The first kappa shape index (κ1) is 103. The predicted octanol–water partition coefficient (Wildman–Crippen LogP) is 23.8. The van der Waals surface area contributed by atoms with Crippen molar-refractivity contribution in [3.63, 3.8) is 0 Å². The van der Waals surface area contributed by atoms with Crippen molar-refractivity contribution in [2.75, 3.05) is 39.6 Å². The topological polar surface area (TPSA) is 237 Å². The van der Waals surface area contributed by atoms with Crippen LogP contribution in [-0.2, 0) is 65.4 Å². The number of hydrogen-bond donors (Lipinski definition) is 3. The maximum atomic E-state index is 13.1. The monoisotopic (exact) mass is 1560 g/mol. The van der Waals surface area contributed by atoms with Crippen LogP contribution in [0, 0.1) is 0 Å². The highest BCUT2D eigenvalue weighted by Gasteiger charge is 2.30. The molecule has 0 aliphatic heterocycles. The molecule has 0 rings (SSSR count). The van der Waals surface area contributed by atoms with Crippen LogP contribution in [0.5, 0.6) is 0 Å². The van der Waals surface area contributed by atoms with E-state index in [0.29, 0.717) is 38.5 Å². The molecule has 0 heterocycles. The lowest BCUT2D eigenvalue weighted by atomic mass is 10.1. The summed E-state index contributed by atoms with van der Waals surface area (Å²) in [5.41, 5.74) is 0. The van der Waals surface area contributed by atoms with Crippen LogP contribution in [0.25, 0.3) is 0 Å². The molecule has 0 spiro atoms. The van der Waals surface area contributed by atoms with Crippen LogP contribution in [0.15, 0.2) is 255 Å². The summed E-state index contributed by atoms with van der Waals surface area (Å²) >= 11 is 0. The van der Waals surface area contributed by atoms with Crippen LogP contribution in [0.4, 0.5) is 0 Å². The lowest BCUT2D eigenvalue weighted by Crippen LogP contribution is -2.30. The number of unbranched alkanes of at least 4 members (excludes halogenated alkanes) is 4. The van der Waals surface area contributed by atoms with Gasteiger partial charge in [0.1, 0.15) is 19.3 Å². The first-order chi connectivity index (χ1) is 53.7. The third-order valence-electron chi connectivity index (χ3n) is 15.0. The second-order valence-electron chi connectivity index (χ2n) is 25.1. The molecule has 17 nitrogen and oxygen atoms in total. The Labute approximate surface area is 662 Å². The number of allylic oxidation sites excluding steroid dienone is 41. The minimum atomic E-state index is -5.04. The molecule has 0 radical (unpaired) electrons. The smallest absolute Gasteiger partial charge is 0.462 e. The Morgan fingerprint density at radius 2 is 0.509 bits per heavy atom. The first-order valence-corrected chi connectivity index (χ1v) is 42.9. The first-order valence-electron chi connectivity index (χ1n) is 39.9. The minimum Gasteiger partial charge on any atom is -0.462 e. The summed E-state index contributed by atoms with van der Waals surface area (Å²) in [6.07, 6.45) is 106. The number of aliphatic hydroxyl groups excluding tert-OH is 1. The third-order valence-corrected chi connectivity index (χ3v) is 16.9. The Hall–Kier alpha value is -7.40. The largest absolute Gasteiger partial charge is 0.472 e. The van der Waals surface area contributed by atoms with Gasteiger partial charge in [-0.2, -0.15) is 0 Å². The number of carbonyl (C=O) groups is 4. The lowest BCUT2D eigenvalue weighted by molar-refractivity contribution is -0.161. The summed E-state index contributed by atoms with van der Waals surface area (Å²) in [5.74, 6) is -2.57. The van der Waals surface area contributed by atoms with Gasteiger partial charge in [-0.15, -0.1) is 0 Å². The standard InChI is InChI=1S/C91H136O17P2/c1-5-9-13-17-21-25-29-33-37-40-42-45-48-51-55-59-63-67-71-75-88(93)101-81-86(107-90(95)77-73-69-65-61-57-53-47-36-32-28-24-20-16-12-8-4)83-105-109(97,98)103-79-85(92)80-104-110(99,100)106-84-87(108-91(96)78-74-70-66-62-58-54-50-44-39-35-31-27-23-19-15-11-7-3)82-102-89(94)76-72-68-64-60-56-52-49-46-43-41-38-34-30-26-22-18-14-10-6-2/h9-16,21-28,33-39,42-43,45-47,50-52,54-57,61-63,66-67,69,73,85-87,92H,5-8,17-20,29-32,40-41,44,48-49,53,58-60,64-65,68,70-72,74-84H2,1-4H3,(H,97,98)(H,99,100)/b13-9-,14-10-,15-11-,16-12-,25-21-,26-22-,27-23-,28-24-,37-33-,38-34-,39-35-,45-42-,46-43-,47-36-,54-50-,55-51-,56-52-,61-57-,66-62-,67-63-,73-69-. The summed E-state index contributed by atoms with van der Waals surface area (Å²) in [5, 5.41) is 10.6. The third kappa shape index (κ3) is 78.7. The van der Waals surface area contributed by atoms with Gasteiger partial charge in [-0.05, 0) is 173 Å². The van der Waals surface area contributed by atoms with Gasteiger partial charge in [0.05, 0.1) is 32.8 Å². The SMILES string of the molecule is CC/C=C\C/C=C\C/C=C\C/C=C\C/C=C\C/C=C\CCC(=O)OCC(COP(=O)(O)OCC(O)COP(=O)(O)OCC(COC(=O)CCCCC/C=C\C/C=C\C/C=C\C/C=C\C/C=C\CC)OC(=O)CCC/C=C\C/C=C\C/C=C\C/C=C\C/C=C\CC)OC(=O)C/C=C\C/C=C\C/C=C\C/C=C\C/C=C\CC. The van der Waals surface area contributed by atoms with Crippen LogP contribution in [0.2, 0.25) is 0 Å². The van der Waals surface area contributed by atoms with Crippen LogP contribution < -0.4 is 0 Å². The minimum absolute atomic E-state index is 0.00268. The quantitative estimate of drug-likeness (QED) is 0.0169. The van der Waals surface area contributed by atoms with E-state index in [1.54, 1.807) is 12.2 Å². The van der Waals surface area contributed by atoms with Gasteiger partial charge >= 0.3 is 39.5 Å². The Balaban J connectivity index is 5.62. The summed E-state index contributed by atoms with van der Waals surface area (Å²) in [6, 6.07) is 0. The molecule has 0 bridgehead atoms. The van der Waals surface area contributed by atoms with E-state index in [1.807, 2.05) is 42.5 Å². The fourth-order valence-corrected chi connectivity index (χ4v) is 10.7. The molecule has 0 aliphatic rings. The number of aliphatic hydroxyl groups is 1. The molecule has 19 heteroatoms. The molecule has 612 valence electrons. The highest BCUT2D eigenvalue weighted by Crippen LogP contribution is 2.45. The van der Waals surface area contributed by atoms with Crippen molar-refractivity contribution in [2.24, 2.45) is 0 Å². The van der Waals surface area contributed by atoms with Crippen LogP contribution in [0.3, 0.4) is 0 Å². The van der Waals surface area contributed by atoms with Crippen molar-refractivity contribution >= 4 is 39.5 Å². The number of rotatable bonds is 71. The fraction of sp³-hybridized carbons (Fsp3) is 0.495. The molecule has 0 fully saturated rings. The van der Waals surface area contributed by atoms with E-state index in [4.69, 9.17) is 37.0 Å². The molecule has 0 aromatic carbocycles. The van der Waals surface area contributed by atoms with E-state index in [0.717, 1.165) is 141 Å². The molecule has 5 atom stereocenters. The molecule has 0 saturated carbocycles. The summed E-state index contributed by atoms with van der Waals surface area (Å²) in [7, 11) is -10.1. The molecular weight excluding hydrogens is 1430 g/mol. The Kier molecular flexibility index (Phi) is 74.3. The van der Waals surface area contributed by atoms with E-state index < -0.39 is 97.5 Å². The van der Waals surface area contributed by atoms with Gasteiger partial charge in [-0.25, -0.2) is 9.13 Å². The average molecular weight is 1560 g/mol. The number of carbonyl (C=O) groups excluding carboxylic acids is 4. The number of phosphoric ester groups is 2. The summed E-state index contributed by atoms with van der Waals surface area (Å²) in [4.78, 5) is 73.0. The Morgan fingerprint density at radius 1 is 0.264 bits per heavy atom. The lowest BCUT2D eigenvalue weighted by Gasteiger charge is -2.21. The van der Waals surface area contributed by atoms with Gasteiger partial charge in [-0.3, -0.25) is 37.3 Å². The molecule has 3 N–H and O–H groups in total. The van der Waals surface area contributed by atoms with Gasteiger partial charge in [-0.1, -0.05) is 289 Å². The van der Waals surface area contributed by atoms with Gasteiger partial charge in [0.2, 0.25) is 0 Å². The van der Waals surface area contributed by atoms with Crippen LogP contribution >= 0.6 is 15.6 Å². The maximum absolute atomic E-state index is 13.1. The molecular formula is C91H136O17P2. The van der Waals surface area contributed by atoms with Gasteiger partial charge in [0.25, 0.3) is 0 Å². The molecule has 0 amide bonds. The highest BCUT2D eigenvalue weighted by molar-refractivity contribution is 7.47. The zero-order valence-corrected chi connectivity index (χ0v) is 68.6. The zero-order chi connectivity index (χ0) is 80.3. The van der Waals surface area contributed by atoms with Gasteiger partial charge in [0, 0.05) is 19.3 Å². The average Bonchev–Trinajstić information content (AvgIpc) is 0.899. The second-order valence-corrected chi connectivity index (χ2v) is 28.0. The number of phosphoric acid groups is 2. The summed E-state index contributed by atoms with van der Waals surface area (Å²) < 4.78 is 68.3. The Morgan fingerprint density at radius 3 is 0.827 bits per heavy atom. The van der Waals surface area contributed by atoms with E-state index in [9.17, 15) is 43.2 Å². The molecule has 0 aliphatic carbocycles. The van der Waals surface area contributed by atoms with E-state index >= 15 is 0 Å². The van der Waals surface area contributed by atoms with Crippen LogP contribution in [-0.4, -0.2) is 96.7 Å². The van der Waals surface area contributed by atoms with Crippen molar-refractivity contribution in [3.05, 3.63) is 255 Å². The van der Waals surface area contributed by atoms with Gasteiger partial charge in [0.15, 0.2) is 12.2 Å². The van der Waals surface area contributed by atoms with Crippen molar-refractivity contribution in [3.8, 4) is 0 Å². The second kappa shape index (κ2) is 79.7. The van der Waals surface area contributed by atoms with E-state index in [2.05, 4.69) is 228 Å². The van der Waals surface area contributed by atoms with Crippen molar-refractivity contribution < 1.29 is 80.2 Å². The zero-order valence-electron chi connectivity index (χ0n) is 66.8. The molecule has 5 unspecified atom stereocenters. The molecule has 0 aromatic heterocycles. The molecule has 0 saturated heterocycles. The van der Waals surface area contributed by atoms with Crippen molar-refractivity contribution in [1.82, 2.24) is 0 Å². The van der Waals surface area contributed by atoms with Crippen molar-refractivity contribution in [1.29, 1.82) is 0 Å². The normalized spacial score (nSPS) is 15.2. The fourth-order valence-electron chi connectivity index (χ4n) is 9.15. The van der Waals surface area contributed by atoms with Gasteiger partial charge < -0.3 is 33.8 Å². The van der Waals surface area contributed by atoms with E-state index in [1.165, 1.54) is 0 Å². The number of ether oxygens (including phenoxy) is 4. The maximum Gasteiger partial charge on any atom is 0.472 e. The molecule has 110 heavy (non-hydrogen) atoms. The number of hydrogen-bond acceptors (Lipinski definition) is 15. The predicted molar refractivity (Wildman–Crippen MR) is 454 cm³/mol.